The Hall–Kier alpha value is -0.910. The lowest BCUT2D eigenvalue weighted by atomic mass is 10.4. The largest absolute Gasteiger partial charge is 0.409 e. The van der Waals surface area contributed by atoms with E-state index >= 15 is 0 Å². The van der Waals surface area contributed by atoms with Crippen molar-refractivity contribution in [3.63, 3.8) is 0 Å². The Balaban J connectivity index is 3.83. The Morgan fingerprint density at radius 1 is 1.67 bits per heavy atom. The van der Waals surface area contributed by atoms with Crippen molar-refractivity contribution in [2.45, 2.75) is 13.3 Å². The van der Waals surface area contributed by atoms with E-state index < -0.39 is 6.43 Å². The number of alkyl halides is 2. The summed E-state index contributed by atoms with van der Waals surface area (Å²) >= 11 is 0. The maximum absolute atomic E-state index is 11.8. The average Bonchev–Trinajstić information content (AvgIpc) is 2.02. The van der Waals surface area contributed by atoms with Crippen molar-refractivity contribution in [1.82, 2.24) is 4.90 Å². The molecule has 0 aliphatic carbocycles. The molecule has 0 amide bonds. The van der Waals surface area contributed by atoms with Crippen molar-refractivity contribution < 1.29 is 14.0 Å². The highest BCUT2D eigenvalue weighted by molar-refractivity contribution is 5.81. The number of nitrogens with two attached hydrogens (primary N) is 1. The van der Waals surface area contributed by atoms with Gasteiger partial charge in [-0.3, -0.25) is 4.90 Å². The molecule has 0 atom stereocenters. The summed E-state index contributed by atoms with van der Waals surface area (Å²) in [6, 6.07) is 0. The molecular weight excluding hydrogens is 168 g/mol. The molecule has 0 unspecified atom stereocenters. The lowest BCUT2D eigenvalue weighted by Gasteiger charge is -2.18. The van der Waals surface area contributed by atoms with Gasteiger partial charge in [-0.05, 0) is 6.54 Å². The molecule has 0 aromatic heterocycles. The minimum absolute atomic E-state index is 0.0579. The number of oxime groups is 1. The molecule has 0 saturated carbocycles. The number of rotatable bonds is 5. The highest BCUT2D eigenvalue weighted by Crippen LogP contribution is 1.97. The SMILES string of the molecule is CCN(CC(N)=NO)CC(F)F. The molecule has 0 radical (unpaired) electrons. The molecular formula is C6H13F2N3O. The van der Waals surface area contributed by atoms with Crippen LogP contribution in [0.4, 0.5) is 8.78 Å². The van der Waals surface area contributed by atoms with Gasteiger partial charge < -0.3 is 10.9 Å². The number of hydrogen-bond acceptors (Lipinski definition) is 3. The van der Waals surface area contributed by atoms with Gasteiger partial charge in [0.15, 0.2) is 5.84 Å². The highest BCUT2D eigenvalue weighted by atomic mass is 19.3. The van der Waals surface area contributed by atoms with Crippen molar-refractivity contribution in [1.29, 1.82) is 0 Å². The van der Waals surface area contributed by atoms with E-state index in [-0.39, 0.29) is 18.9 Å². The number of amidine groups is 1. The van der Waals surface area contributed by atoms with Gasteiger partial charge in [0.2, 0.25) is 0 Å². The molecule has 0 fully saturated rings. The van der Waals surface area contributed by atoms with Crippen LogP contribution in [0.5, 0.6) is 0 Å². The van der Waals surface area contributed by atoms with Gasteiger partial charge in [-0.1, -0.05) is 12.1 Å². The zero-order chi connectivity index (χ0) is 9.56. The Bertz CT molecular complexity index is 152. The summed E-state index contributed by atoms with van der Waals surface area (Å²) in [5.41, 5.74) is 5.14. The molecule has 6 heteroatoms. The van der Waals surface area contributed by atoms with Gasteiger partial charge >= 0.3 is 0 Å². The molecule has 0 aliphatic rings. The summed E-state index contributed by atoms with van der Waals surface area (Å²) in [5, 5.41) is 10.9. The summed E-state index contributed by atoms with van der Waals surface area (Å²) in [4.78, 5) is 1.39. The van der Waals surface area contributed by atoms with Gasteiger partial charge in [-0.25, -0.2) is 8.78 Å². The van der Waals surface area contributed by atoms with E-state index in [0.29, 0.717) is 6.54 Å². The molecule has 0 spiro atoms. The first-order valence-corrected chi connectivity index (χ1v) is 3.57. The third kappa shape index (κ3) is 4.84. The number of hydrogen-bond donors (Lipinski definition) is 2. The monoisotopic (exact) mass is 181 g/mol. The van der Waals surface area contributed by atoms with Crippen LogP contribution in [-0.2, 0) is 0 Å². The van der Waals surface area contributed by atoms with E-state index in [2.05, 4.69) is 5.16 Å². The molecule has 0 bridgehead atoms. The van der Waals surface area contributed by atoms with E-state index in [4.69, 9.17) is 10.9 Å². The van der Waals surface area contributed by atoms with Crippen LogP contribution in [0.25, 0.3) is 0 Å². The fourth-order valence-electron chi connectivity index (χ4n) is 0.761. The third-order valence-corrected chi connectivity index (χ3v) is 1.36. The molecule has 72 valence electrons. The summed E-state index contributed by atoms with van der Waals surface area (Å²) in [5.74, 6) is -0.0579. The van der Waals surface area contributed by atoms with Crippen molar-refractivity contribution in [2.75, 3.05) is 19.6 Å². The standard InChI is InChI=1S/C6H13F2N3O/c1-2-11(3-5(7)8)4-6(9)10-12/h5,12H,2-4H2,1H3,(H2,9,10). The number of likely N-dealkylation sites (N-methyl/N-ethyl adjacent to an activating group) is 1. The normalized spacial score (nSPS) is 12.9. The minimum atomic E-state index is -2.39. The number of nitrogens with zero attached hydrogens (tertiary/aromatic N) is 2. The van der Waals surface area contributed by atoms with Crippen molar-refractivity contribution >= 4 is 5.84 Å². The van der Waals surface area contributed by atoms with E-state index in [1.54, 1.807) is 6.92 Å². The fraction of sp³-hybridized carbons (Fsp3) is 0.833. The summed E-state index contributed by atoms with van der Waals surface area (Å²) in [6.07, 6.45) is -2.39. The Kier molecular flexibility index (Phi) is 5.27. The van der Waals surface area contributed by atoms with Crippen LogP contribution in [0.3, 0.4) is 0 Å². The molecule has 0 saturated heterocycles. The van der Waals surface area contributed by atoms with Gasteiger partial charge in [0.25, 0.3) is 6.43 Å². The van der Waals surface area contributed by atoms with Gasteiger partial charge in [0.1, 0.15) is 0 Å². The van der Waals surface area contributed by atoms with Crippen LogP contribution in [0.15, 0.2) is 5.16 Å². The Morgan fingerprint density at radius 3 is 2.58 bits per heavy atom. The topological polar surface area (TPSA) is 61.8 Å². The van der Waals surface area contributed by atoms with Gasteiger partial charge in [0, 0.05) is 0 Å². The molecule has 4 nitrogen and oxygen atoms in total. The van der Waals surface area contributed by atoms with Crippen LogP contribution < -0.4 is 5.73 Å². The predicted octanol–water partition coefficient (Wildman–Crippen LogP) is 0.320. The van der Waals surface area contributed by atoms with Gasteiger partial charge in [-0.2, -0.15) is 0 Å². The van der Waals surface area contributed by atoms with Crippen LogP contribution in [0.2, 0.25) is 0 Å². The highest BCUT2D eigenvalue weighted by Gasteiger charge is 2.11. The first kappa shape index (κ1) is 11.1. The summed E-state index contributed by atoms with van der Waals surface area (Å²) in [6.45, 7) is 1.89. The van der Waals surface area contributed by atoms with Crippen LogP contribution in [0, 0.1) is 0 Å². The zero-order valence-corrected chi connectivity index (χ0v) is 6.87. The first-order chi connectivity index (χ1) is 5.60. The maximum Gasteiger partial charge on any atom is 0.251 e. The Labute approximate surface area is 69.6 Å². The van der Waals surface area contributed by atoms with Crippen LogP contribution in [-0.4, -0.2) is 42.0 Å². The van der Waals surface area contributed by atoms with E-state index in [1.807, 2.05) is 0 Å². The average molecular weight is 181 g/mol. The second-order valence-corrected chi connectivity index (χ2v) is 2.31. The second-order valence-electron chi connectivity index (χ2n) is 2.31. The molecule has 12 heavy (non-hydrogen) atoms. The smallest absolute Gasteiger partial charge is 0.251 e. The third-order valence-electron chi connectivity index (χ3n) is 1.36. The second kappa shape index (κ2) is 5.70. The van der Waals surface area contributed by atoms with E-state index in [9.17, 15) is 8.78 Å². The molecule has 3 N–H and O–H groups in total. The minimum Gasteiger partial charge on any atom is -0.409 e. The Morgan fingerprint density at radius 2 is 2.25 bits per heavy atom. The van der Waals surface area contributed by atoms with Crippen molar-refractivity contribution in [3.8, 4) is 0 Å². The lowest BCUT2D eigenvalue weighted by Crippen LogP contribution is -2.36. The van der Waals surface area contributed by atoms with E-state index in [1.165, 1.54) is 4.90 Å². The molecule has 0 aromatic carbocycles. The maximum atomic E-state index is 11.8. The van der Waals surface area contributed by atoms with Crippen molar-refractivity contribution in [3.05, 3.63) is 0 Å². The summed E-state index contributed by atoms with van der Waals surface area (Å²) < 4.78 is 23.7. The van der Waals surface area contributed by atoms with Crippen LogP contribution >= 0.6 is 0 Å². The summed E-state index contributed by atoms with van der Waals surface area (Å²) in [7, 11) is 0. The molecule has 0 rings (SSSR count). The quantitative estimate of drug-likeness (QED) is 0.278. The number of halogens is 2. The van der Waals surface area contributed by atoms with Crippen molar-refractivity contribution in [2.24, 2.45) is 10.9 Å². The first-order valence-electron chi connectivity index (χ1n) is 3.57. The molecule has 0 aromatic rings. The zero-order valence-electron chi connectivity index (χ0n) is 6.87. The van der Waals surface area contributed by atoms with Gasteiger partial charge in [-0.15, -0.1) is 0 Å². The van der Waals surface area contributed by atoms with Gasteiger partial charge in [0.05, 0.1) is 13.1 Å². The molecule has 0 aliphatic heterocycles. The fourth-order valence-corrected chi connectivity index (χ4v) is 0.761. The van der Waals surface area contributed by atoms with Crippen LogP contribution in [0.1, 0.15) is 6.92 Å². The predicted molar refractivity (Wildman–Crippen MR) is 41.5 cm³/mol. The van der Waals surface area contributed by atoms with E-state index in [0.717, 1.165) is 0 Å². The molecule has 0 heterocycles. The lowest BCUT2D eigenvalue weighted by molar-refractivity contribution is 0.0975.